The van der Waals surface area contributed by atoms with Gasteiger partial charge in [-0.25, -0.2) is 0 Å². The molecule has 4 fully saturated rings. The maximum atomic E-state index is 13.5. The molecule has 6 nitrogen and oxygen atoms in total. The van der Waals surface area contributed by atoms with Gasteiger partial charge in [-0.15, -0.1) is 0 Å². The van der Waals surface area contributed by atoms with Gasteiger partial charge in [0.15, 0.2) is 5.78 Å². The molecule has 1 spiro atoms. The van der Waals surface area contributed by atoms with E-state index in [1.54, 1.807) is 0 Å². The van der Waals surface area contributed by atoms with E-state index < -0.39 is 46.2 Å². The molecule has 27 heavy (non-hydrogen) atoms. The molecule has 0 aliphatic heterocycles. The number of carbonyl (C=O) groups excluding carboxylic acids is 3. The monoisotopic (exact) mass is 378 g/mol. The van der Waals surface area contributed by atoms with E-state index >= 15 is 0 Å². The molecule has 2 N–H and O–H groups in total. The minimum Gasteiger partial charge on any atom is -0.392 e. The Morgan fingerprint density at radius 3 is 2.44 bits per heavy atom. The zero-order valence-electron chi connectivity index (χ0n) is 16.5. The third-order valence-corrected chi connectivity index (χ3v) is 8.70. The summed E-state index contributed by atoms with van der Waals surface area (Å²) < 4.78 is 5.21. The normalized spacial score (nSPS) is 51.1. The Balaban J connectivity index is 1.89. The number of hydrogen-bond donors (Lipinski definition) is 2. The van der Waals surface area contributed by atoms with Crippen molar-refractivity contribution in [1.82, 2.24) is 0 Å². The lowest BCUT2D eigenvalue weighted by molar-refractivity contribution is -0.219. The SMILES string of the molecule is COC[C@@H]1C(=O)[C@@]23[C@H](O)C[C@@H]4C(C)(C)C(=O)CC[C@@]4(C)[C@@H]2C(=O)C[C@@H]1[C@H]3O. The molecule has 0 aromatic carbocycles. The molecule has 2 bridgehead atoms. The van der Waals surface area contributed by atoms with Gasteiger partial charge in [0, 0.05) is 43.1 Å². The topological polar surface area (TPSA) is 101 Å². The molecule has 8 atom stereocenters. The van der Waals surface area contributed by atoms with E-state index in [0.29, 0.717) is 12.8 Å². The molecule has 0 aromatic heterocycles. The Labute approximate surface area is 159 Å². The summed E-state index contributed by atoms with van der Waals surface area (Å²) in [5, 5.41) is 22.4. The van der Waals surface area contributed by atoms with Crippen LogP contribution in [-0.4, -0.2) is 53.5 Å². The zero-order chi connectivity index (χ0) is 19.9. The minimum atomic E-state index is -1.45. The summed E-state index contributed by atoms with van der Waals surface area (Å²) in [6.45, 7) is 5.92. The first-order valence-electron chi connectivity index (χ1n) is 10.00. The lowest BCUT2D eigenvalue weighted by atomic mass is 9.39. The van der Waals surface area contributed by atoms with Gasteiger partial charge >= 0.3 is 0 Å². The third kappa shape index (κ3) is 2.04. The number of Topliss-reactive ketones (excluding diaryl/α,β-unsaturated/α-hetero) is 3. The number of carbonyl (C=O) groups is 3. The van der Waals surface area contributed by atoms with E-state index in [0.717, 1.165) is 0 Å². The van der Waals surface area contributed by atoms with Gasteiger partial charge in [-0.2, -0.15) is 0 Å². The Hall–Kier alpha value is -1.11. The number of aliphatic hydroxyl groups excluding tert-OH is 2. The highest BCUT2D eigenvalue weighted by Gasteiger charge is 2.77. The summed E-state index contributed by atoms with van der Waals surface area (Å²) in [5.74, 6) is -2.12. The number of fused-ring (bicyclic) bond motifs is 3. The van der Waals surface area contributed by atoms with Crippen LogP contribution in [0.2, 0.25) is 0 Å². The van der Waals surface area contributed by atoms with Gasteiger partial charge in [0.2, 0.25) is 0 Å². The molecule has 0 unspecified atom stereocenters. The highest BCUT2D eigenvalue weighted by Crippen LogP contribution is 2.69. The third-order valence-electron chi connectivity index (χ3n) is 8.70. The van der Waals surface area contributed by atoms with E-state index in [4.69, 9.17) is 4.74 Å². The van der Waals surface area contributed by atoms with Crippen LogP contribution in [0, 0.1) is 39.9 Å². The van der Waals surface area contributed by atoms with Crippen molar-refractivity contribution in [2.24, 2.45) is 39.9 Å². The van der Waals surface area contributed by atoms with Gasteiger partial charge in [-0.05, 0) is 24.2 Å². The Kier molecular flexibility index (Phi) is 4.06. The van der Waals surface area contributed by atoms with Crippen molar-refractivity contribution < 1.29 is 29.3 Å². The van der Waals surface area contributed by atoms with E-state index in [1.165, 1.54) is 7.11 Å². The van der Waals surface area contributed by atoms with Crippen LogP contribution in [0.25, 0.3) is 0 Å². The van der Waals surface area contributed by atoms with E-state index in [9.17, 15) is 24.6 Å². The average Bonchev–Trinajstić information content (AvgIpc) is 2.72. The van der Waals surface area contributed by atoms with Crippen LogP contribution in [-0.2, 0) is 19.1 Å². The second-order valence-corrected chi connectivity index (χ2v) is 10.0. The molecule has 6 heteroatoms. The van der Waals surface area contributed by atoms with Crippen LogP contribution >= 0.6 is 0 Å². The summed E-state index contributed by atoms with van der Waals surface area (Å²) in [5.41, 5.74) is -2.70. The van der Waals surface area contributed by atoms with Gasteiger partial charge in [-0.3, -0.25) is 14.4 Å². The van der Waals surface area contributed by atoms with Crippen molar-refractivity contribution in [1.29, 1.82) is 0 Å². The van der Waals surface area contributed by atoms with Crippen LogP contribution in [0.3, 0.4) is 0 Å². The fourth-order valence-electron chi connectivity index (χ4n) is 7.49. The molecule has 4 aliphatic carbocycles. The molecular formula is C21H30O6. The predicted octanol–water partition coefficient (Wildman–Crippen LogP) is 1.16. The van der Waals surface area contributed by atoms with Crippen molar-refractivity contribution in [3.05, 3.63) is 0 Å². The van der Waals surface area contributed by atoms with Crippen LogP contribution in [0.15, 0.2) is 0 Å². The molecule has 0 amide bonds. The predicted molar refractivity (Wildman–Crippen MR) is 95.7 cm³/mol. The molecule has 0 heterocycles. The zero-order valence-corrected chi connectivity index (χ0v) is 16.5. The van der Waals surface area contributed by atoms with Crippen LogP contribution in [0.5, 0.6) is 0 Å². The van der Waals surface area contributed by atoms with E-state index in [-0.39, 0.29) is 42.7 Å². The molecule has 0 saturated heterocycles. The second-order valence-electron chi connectivity index (χ2n) is 10.0. The Bertz CT molecular complexity index is 713. The van der Waals surface area contributed by atoms with Gasteiger partial charge in [-0.1, -0.05) is 20.8 Å². The van der Waals surface area contributed by atoms with Gasteiger partial charge in [0.05, 0.1) is 24.2 Å². The molecule has 150 valence electrons. The minimum absolute atomic E-state index is 0.0475. The number of hydrogen-bond acceptors (Lipinski definition) is 6. The summed E-state index contributed by atoms with van der Waals surface area (Å²) in [4.78, 5) is 39.4. The molecule has 4 aliphatic rings. The van der Waals surface area contributed by atoms with Gasteiger partial charge < -0.3 is 14.9 Å². The van der Waals surface area contributed by atoms with Gasteiger partial charge in [0.25, 0.3) is 0 Å². The maximum absolute atomic E-state index is 13.5. The van der Waals surface area contributed by atoms with Crippen molar-refractivity contribution in [2.75, 3.05) is 13.7 Å². The molecule has 0 radical (unpaired) electrons. The first-order valence-corrected chi connectivity index (χ1v) is 10.00. The maximum Gasteiger partial charge on any atom is 0.150 e. The number of rotatable bonds is 2. The summed E-state index contributed by atoms with van der Waals surface area (Å²) >= 11 is 0. The number of methoxy groups -OCH3 is 1. The quantitative estimate of drug-likeness (QED) is 0.748. The highest BCUT2D eigenvalue weighted by molar-refractivity contribution is 6.01. The van der Waals surface area contributed by atoms with Crippen LogP contribution < -0.4 is 0 Å². The Morgan fingerprint density at radius 1 is 1.15 bits per heavy atom. The first kappa shape index (κ1) is 19.2. The lowest BCUT2D eigenvalue weighted by Gasteiger charge is -2.63. The fraction of sp³-hybridized carbons (Fsp3) is 0.857. The second kappa shape index (κ2) is 5.71. The summed E-state index contributed by atoms with van der Waals surface area (Å²) in [6, 6.07) is 0. The lowest BCUT2D eigenvalue weighted by Crippen LogP contribution is -2.70. The molecule has 4 rings (SSSR count). The first-order chi connectivity index (χ1) is 12.5. The number of ketones is 3. The smallest absolute Gasteiger partial charge is 0.150 e. The van der Waals surface area contributed by atoms with Crippen LogP contribution in [0.4, 0.5) is 0 Å². The van der Waals surface area contributed by atoms with Crippen molar-refractivity contribution in [3.63, 3.8) is 0 Å². The van der Waals surface area contributed by atoms with E-state index in [2.05, 4.69) is 0 Å². The number of ether oxygens (including phenoxy) is 1. The molecule has 0 aromatic rings. The molecule has 4 saturated carbocycles. The average molecular weight is 378 g/mol. The summed E-state index contributed by atoms with van der Waals surface area (Å²) in [6.07, 6.45) is -0.885. The largest absolute Gasteiger partial charge is 0.392 e. The number of aliphatic hydroxyl groups is 2. The standard InChI is InChI=1S/C21H30O6/c1-19(2)13-8-15(24)21-16(20(13,3)6-5-14(19)23)12(22)7-10(17(21)25)11(9-27-4)18(21)26/h10-11,13,15-17,24-25H,5-9H2,1-4H3/t10-,11-,13+,15+,16-,17+,20+,21-/m0/s1. The van der Waals surface area contributed by atoms with Crippen LogP contribution in [0.1, 0.15) is 46.5 Å². The Morgan fingerprint density at radius 2 is 1.81 bits per heavy atom. The highest BCUT2D eigenvalue weighted by atomic mass is 16.5. The van der Waals surface area contributed by atoms with E-state index in [1.807, 2.05) is 20.8 Å². The van der Waals surface area contributed by atoms with Crippen molar-refractivity contribution >= 4 is 17.3 Å². The van der Waals surface area contributed by atoms with Gasteiger partial charge in [0.1, 0.15) is 11.6 Å². The fourth-order valence-corrected chi connectivity index (χ4v) is 7.49. The summed E-state index contributed by atoms with van der Waals surface area (Å²) in [7, 11) is 1.50. The van der Waals surface area contributed by atoms with Crippen molar-refractivity contribution in [2.45, 2.75) is 58.7 Å². The molecular weight excluding hydrogens is 348 g/mol. The van der Waals surface area contributed by atoms with Crippen molar-refractivity contribution in [3.8, 4) is 0 Å².